The Morgan fingerprint density at radius 2 is 2.07 bits per heavy atom. The monoisotopic (exact) mass is 432 g/mol. The molecule has 158 valence electrons. The van der Waals surface area contributed by atoms with Crippen LogP contribution in [0.15, 0.2) is 23.2 Å². The van der Waals surface area contributed by atoms with Crippen molar-refractivity contribution in [1.29, 1.82) is 0 Å². The Morgan fingerprint density at radius 1 is 1.32 bits per heavy atom. The van der Waals surface area contributed by atoms with E-state index in [0.717, 1.165) is 19.6 Å². The van der Waals surface area contributed by atoms with E-state index < -0.39 is 5.60 Å². The molecule has 1 saturated heterocycles. The summed E-state index contributed by atoms with van der Waals surface area (Å²) in [5, 5.41) is 17.9. The average Bonchev–Trinajstić information content (AvgIpc) is 2.67. The first-order valence-corrected chi connectivity index (χ1v) is 10.3. The van der Waals surface area contributed by atoms with Gasteiger partial charge in [-0.25, -0.2) is 0 Å². The zero-order valence-corrected chi connectivity index (χ0v) is 18.0. The summed E-state index contributed by atoms with van der Waals surface area (Å²) in [6, 6.07) is 5.28. The number of rotatable bonds is 9. The van der Waals surface area contributed by atoms with Gasteiger partial charge in [-0.3, -0.25) is 9.89 Å². The number of benzene rings is 1. The van der Waals surface area contributed by atoms with E-state index in [1.54, 1.807) is 25.1 Å². The van der Waals surface area contributed by atoms with Gasteiger partial charge in [-0.1, -0.05) is 29.3 Å². The smallest absolute Gasteiger partial charge is 0.191 e. The highest BCUT2D eigenvalue weighted by Crippen LogP contribution is 2.31. The number of nitrogens with one attached hydrogen (secondary N) is 2. The van der Waals surface area contributed by atoms with Gasteiger partial charge in [0.25, 0.3) is 0 Å². The number of aliphatic imine (C=N–C) groups is 1. The van der Waals surface area contributed by atoms with Crippen LogP contribution in [0.4, 0.5) is 0 Å². The fourth-order valence-corrected chi connectivity index (χ4v) is 3.15. The predicted octanol–water partition coefficient (Wildman–Crippen LogP) is 2.01. The summed E-state index contributed by atoms with van der Waals surface area (Å²) in [6.45, 7) is 9.39. The third-order valence-electron chi connectivity index (χ3n) is 4.16. The number of β-amino-alcohol motifs (C(OH)–C–C–N with tert-alkyl or cyclic N) is 1. The number of aliphatic hydroxyl groups is 1. The van der Waals surface area contributed by atoms with E-state index in [9.17, 15) is 5.11 Å². The summed E-state index contributed by atoms with van der Waals surface area (Å²) < 4.78 is 11.0. The summed E-state index contributed by atoms with van der Waals surface area (Å²) >= 11 is 12.1. The number of ether oxygens (including phenoxy) is 2. The molecule has 1 aliphatic heterocycles. The summed E-state index contributed by atoms with van der Waals surface area (Å²) in [4.78, 5) is 6.71. The summed E-state index contributed by atoms with van der Waals surface area (Å²) in [5.74, 6) is 1.18. The fourth-order valence-electron chi connectivity index (χ4n) is 2.81. The van der Waals surface area contributed by atoms with E-state index >= 15 is 0 Å². The number of hydrogen-bond acceptors (Lipinski definition) is 5. The molecule has 0 radical (unpaired) electrons. The lowest BCUT2D eigenvalue weighted by Gasteiger charge is -2.33. The van der Waals surface area contributed by atoms with Gasteiger partial charge in [-0.05, 0) is 26.0 Å². The largest absolute Gasteiger partial charge is 0.490 e. The molecule has 0 bridgehead atoms. The molecule has 1 aliphatic rings. The van der Waals surface area contributed by atoms with E-state index in [0.29, 0.717) is 61.2 Å². The Balaban J connectivity index is 1.79. The number of hydrogen-bond donors (Lipinski definition) is 3. The van der Waals surface area contributed by atoms with Gasteiger partial charge in [-0.15, -0.1) is 0 Å². The molecular weight excluding hydrogens is 403 g/mol. The van der Waals surface area contributed by atoms with Crippen molar-refractivity contribution in [3.05, 3.63) is 28.2 Å². The molecular formula is C19H30Cl2N4O3. The first-order valence-electron chi connectivity index (χ1n) is 9.53. The number of nitrogens with zero attached hydrogens (tertiary/aromatic N) is 2. The molecule has 1 aromatic rings. The highest BCUT2D eigenvalue weighted by atomic mass is 35.5. The van der Waals surface area contributed by atoms with Crippen LogP contribution in [0, 0.1) is 0 Å². The fraction of sp³-hybridized carbons (Fsp3) is 0.632. The van der Waals surface area contributed by atoms with E-state index in [-0.39, 0.29) is 0 Å². The number of guanidine groups is 1. The van der Waals surface area contributed by atoms with E-state index in [2.05, 4.69) is 20.5 Å². The van der Waals surface area contributed by atoms with Crippen LogP contribution in [-0.2, 0) is 4.74 Å². The van der Waals surface area contributed by atoms with Gasteiger partial charge in [0, 0.05) is 26.2 Å². The third kappa shape index (κ3) is 8.01. The predicted molar refractivity (Wildman–Crippen MR) is 114 cm³/mol. The van der Waals surface area contributed by atoms with Crippen molar-refractivity contribution in [3.8, 4) is 5.75 Å². The minimum Gasteiger partial charge on any atom is -0.490 e. The van der Waals surface area contributed by atoms with Crippen molar-refractivity contribution in [1.82, 2.24) is 15.5 Å². The van der Waals surface area contributed by atoms with Gasteiger partial charge in [0.05, 0.1) is 36.9 Å². The minimum atomic E-state index is -0.912. The van der Waals surface area contributed by atoms with Crippen LogP contribution < -0.4 is 15.4 Å². The van der Waals surface area contributed by atoms with Crippen molar-refractivity contribution in [2.24, 2.45) is 4.99 Å². The van der Waals surface area contributed by atoms with Gasteiger partial charge in [0.15, 0.2) is 5.96 Å². The van der Waals surface area contributed by atoms with Crippen LogP contribution in [0.3, 0.4) is 0 Å². The second-order valence-corrected chi connectivity index (χ2v) is 7.69. The lowest BCUT2D eigenvalue weighted by atomic mass is 10.1. The van der Waals surface area contributed by atoms with Gasteiger partial charge in [-0.2, -0.15) is 0 Å². The van der Waals surface area contributed by atoms with E-state index in [4.69, 9.17) is 32.7 Å². The molecule has 0 saturated carbocycles. The second-order valence-electron chi connectivity index (χ2n) is 6.91. The van der Waals surface area contributed by atoms with Crippen LogP contribution in [-0.4, -0.2) is 80.7 Å². The lowest BCUT2D eigenvalue weighted by Crippen LogP contribution is -2.48. The highest BCUT2D eigenvalue weighted by Gasteiger charge is 2.25. The van der Waals surface area contributed by atoms with Crippen molar-refractivity contribution in [2.75, 3.05) is 59.1 Å². The first kappa shape index (κ1) is 23.0. The van der Waals surface area contributed by atoms with Crippen LogP contribution in [0.5, 0.6) is 5.75 Å². The maximum absolute atomic E-state index is 10.7. The van der Waals surface area contributed by atoms with Gasteiger partial charge in [0.1, 0.15) is 17.4 Å². The maximum atomic E-state index is 10.7. The van der Waals surface area contributed by atoms with Gasteiger partial charge in [0.2, 0.25) is 0 Å². The van der Waals surface area contributed by atoms with Crippen LogP contribution >= 0.6 is 23.2 Å². The number of halogens is 2. The van der Waals surface area contributed by atoms with E-state index in [1.807, 2.05) is 6.92 Å². The van der Waals surface area contributed by atoms with Crippen LogP contribution in [0.2, 0.25) is 10.0 Å². The first-order chi connectivity index (χ1) is 13.4. The Labute approximate surface area is 177 Å². The third-order valence-corrected chi connectivity index (χ3v) is 4.96. The van der Waals surface area contributed by atoms with Crippen LogP contribution in [0.25, 0.3) is 0 Å². The van der Waals surface area contributed by atoms with Crippen molar-refractivity contribution in [3.63, 3.8) is 0 Å². The quantitative estimate of drug-likeness (QED) is 0.314. The lowest BCUT2D eigenvalue weighted by molar-refractivity contribution is -0.0179. The molecule has 0 amide bonds. The molecule has 7 nitrogen and oxygen atoms in total. The molecule has 1 fully saturated rings. The maximum Gasteiger partial charge on any atom is 0.191 e. The molecule has 1 aromatic carbocycles. The molecule has 1 heterocycles. The molecule has 0 spiro atoms. The molecule has 1 atom stereocenters. The zero-order valence-electron chi connectivity index (χ0n) is 16.5. The Morgan fingerprint density at radius 3 is 2.79 bits per heavy atom. The van der Waals surface area contributed by atoms with Gasteiger partial charge < -0.3 is 25.2 Å². The molecule has 9 heteroatoms. The molecule has 1 unspecified atom stereocenters. The zero-order chi connectivity index (χ0) is 20.4. The van der Waals surface area contributed by atoms with Crippen molar-refractivity contribution >= 4 is 29.2 Å². The van der Waals surface area contributed by atoms with Crippen molar-refractivity contribution in [2.45, 2.75) is 19.4 Å². The number of morpholine rings is 1. The molecule has 0 aliphatic carbocycles. The SMILES string of the molecule is CCNC(=NCC(C)(O)CN1CCOCC1)NCCOc1cccc(Cl)c1Cl. The second kappa shape index (κ2) is 11.7. The topological polar surface area (TPSA) is 78.4 Å². The molecule has 2 rings (SSSR count). The molecule has 0 aromatic heterocycles. The average molecular weight is 433 g/mol. The summed E-state index contributed by atoms with van der Waals surface area (Å²) in [6.07, 6.45) is 0. The van der Waals surface area contributed by atoms with Crippen molar-refractivity contribution < 1.29 is 14.6 Å². The van der Waals surface area contributed by atoms with Gasteiger partial charge >= 0.3 is 0 Å². The Hall–Kier alpha value is -1.25. The Kier molecular flexibility index (Phi) is 9.61. The minimum absolute atomic E-state index is 0.292. The Bertz CT molecular complexity index is 638. The van der Waals surface area contributed by atoms with Crippen LogP contribution in [0.1, 0.15) is 13.8 Å². The molecule has 28 heavy (non-hydrogen) atoms. The summed E-state index contributed by atoms with van der Waals surface area (Å²) in [5.41, 5.74) is -0.912. The summed E-state index contributed by atoms with van der Waals surface area (Å²) in [7, 11) is 0. The normalized spacial score (nSPS) is 17.8. The molecule has 3 N–H and O–H groups in total. The van der Waals surface area contributed by atoms with E-state index in [1.165, 1.54) is 0 Å². The highest BCUT2D eigenvalue weighted by molar-refractivity contribution is 6.42. The standard InChI is InChI=1S/C19H30Cl2N4O3/c1-3-22-18(23-7-10-28-16-6-4-5-15(20)17(16)21)24-13-19(2,26)14-25-8-11-27-12-9-25/h4-6,26H,3,7-14H2,1-2H3,(H2,22,23,24).